The molecule has 1 aliphatic carbocycles. The van der Waals surface area contributed by atoms with Crippen LogP contribution < -0.4 is 15.6 Å². The van der Waals surface area contributed by atoms with E-state index < -0.39 is 42.8 Å². The average Bonchev–Trinajstić information content (AvgIpc) is 3.64. The highest BCUT2D eigenvalue weighted by atomic mass is 32.7. The molecule has 3 aliphatic rings. The van der Waals surface area contributed by atoms with Gasteiger partial charge in [-0.25, -0.2) is 10.1 Å². The van der Waals surface area contributed by atoms with E-state index in [9.17, 15) is 19.6 Å². The molecule has 6 rings (SSSR count). The van der Waals surface area contributed by atoms with Gasteiger partial charge in [0.25, 0.3) is 0 Å². The van der Waals surface area contributed by atoms with E-state index in [1.807, 2.05) is 24.3 Å². The average molecular weight is 621 g/mol. The number of rotatable bonds is 7. The lowest BCUT2D eigenvalue weighted by atomic mass is 9.96. The molecule has 1 aromatic carbocycles. The molecule has 42 heavy (non-hydrogen) atoms. The maximum Gasteiger partial charge on any atom is 0.332 e. The second-order valence-corrected chi connectivity index (χ2v) is 15.0. The number of hydrogen-bond acceptors (Lipinski definition) is 13. The smallest absolute Gasteiger partial charge is 0.332 e. The Labute approximate surface area is 245 Å². The van der Waals surface area contributed by atoms with Gasteiger partial charge in [0.2, 0.25) is 11.8 Å². The minimum absolute atomic E-state index is 0.0741. The normalized spacial score (nSPS) is 31.6. The molecule has 4 heterocycles. The first-order valence-corrected chi connectivity index (χ1v) is 16.7. The maximum absolute atomic E-state index is 14.1. The van der Waals surface area contributed by atoms with Crippen molar-refractivity contribution in [3.8, 4) is 5.88 Å². The fourth-order valence-corrected chi connectivity index (χ4v) is 9.56. The van der Waals surface area contributed by atoms with E-state index in [0.717, 1.165) is 42.6 Å². The molecule has 0 bridgehead atoms. The molecular weight excluding hydrogens is 587 g/mol. The number of benzene rings is 1. The molecule has 0 radical (unpaired) electrons. The summed E-state index contributed by atoms with van der Waals surface area (Å²) < 4.78 is 38.5. The van der Waals surface area contributed by atoms with Crippen LogP contribution in [-0.2, 0) is 29.8 Å². The summed E-state index contributed by atoms with van der Waals surface area (Å²) in [5.41, 5.74) is 5.36. The van der Waals surface area contributed by atoms with Crippen LogP contribution in [0.25, 0.3) is 11.2 Å². The summed E-state index contributed by atoms with van der Waals surface area (Å²) in [4.78, 5) is 26.3. The third kappa shape index (κ3) is 5.50. The van der Waals surface area contributed by atoms with E-state index in [4.69, 9.17) is 24.5 Å². The molecule has 3 aromatic rings. The number of anilines is 1. The van der Waals surface area contributed by atoms with Crippen LogP contribution in [-0.4, -0.2) is 79.4 Å². The van der Waals surface area contributed by atoms with Gasteiger partial charge < -0.3 is 34.7 Å². The summed E-state index contributed by atoms with van der Waals surface area (Å²) in [5.74, 6) is -0.410. The Morgan fingerprint density at radius 3 is 2.83 bits per heavy atom. The van der Waals surface area contributed by atoms with Gasteiger partial charge in [0.05, 0.1) is 20.0 Å². The Hall–Kier alpha value is -2.78. The molecule has 2 fully saturated rings. The Bertz CT molecular complexity index is 1530. The number of ether oxygens (including phenoxy) is 3. The van der Waals surface area contributed by atoms with E-state index in [1.54, 1.807) is 0 Å². The van der Waals surface area contributed by atoms with Crippen LogP contribution in [0.15, 0.2) is 35.5 Å². The van der Waals surface area contributed by atoms with Crippen molar-refractivity contribution in [1.29, 1.82) is 0 Å². The largest absolute Gasteiger partial charge is 0.479 e. The van der Waals surface area contributed by atoms with Gasteiger partial charge in [-0.1, -0.05) is 18.2 Å². The van der Waals surface area contributed by atoms with E-state index in [1.165, 1.54) is 24.9 Å². The van der Waals surface area contributed by atoms with E-state index in [0.29, 0.717) is 4.90 Å². The molecule has 1 saturated carbocycles. The zero-order valence-electron chi connectivity index (χ0n) is 23.1. The van der Waals surface area contributed by atoms with Crippen molar-refractivity contribution in [1.82, 2.24) is 24.6 Å². The highest BCUT2D eigenvalue weighted by molar-refractivity contribution is 8.56. The number of imidazole rings is 1. The zero-order valence-corrected chi connectivity index (χ0v) is 24.8. The van der Waals surface area contributed by atoms with Crippen LogP contribution in [0.1, 0.15) is 44.4 Å². The fraction of sp³-hybridized carbons (Fsp3) is 0.538. The van der Waals surface area contributed by atoms with Crippen LogP contribution in [0.2, 0.25) is 0 Å². The molecule has 14 nitrogen and oxygen atoms in total. The number of nitrogens with two attached hydrogens (primary N) is 1. The van der Waals surface area contributed by atoms with Gasteiger partial charge in [-0.15, -0.1) is 0 Å². The quantitative estimate of drug-likeness (QED) is 0.222. The van der Waals surface area contributed by atoms with Crippen LogP contribution >= 0.6 is 18.1 Å². The van der Waals surface area contributed by atoms with Crippen molar-refractivity contribution >= 4 is 41.2 Å². The van der Waals surface area contributed by atoms with Crippen molar-refractivity contribution in [2.24, 2.45) is 0 Å². The molecular formula is C26H33N6O8PS. The second kappa shape index (κ2) is 11.4. The lowest BCUT2D eigenvalue weighted by Crippen LogP contribution is -2.44. The highest BCUT2D eigenvalue weighted by Crippen LogP contribution is 2.62. The third-order valence-corrected chi connectivity index (χ3v) is 11.7. The van der Waals surface area contributed by atoms with Gasteiger partial charge in [0, 0.05) is 11.3 Å². The van der Waals surface area contributed by atoms with Crippen molar-refractivity contribution in [2.75, 3.05) is 19.5 Å². The van der Waals surface area contributed by atoms with E-state index >= 15 is 0 Å². The van der Waals surface area contributed by atoms with Gasteiger partial charge >= 0.3 is 12.7 Å². The van der Waals surface area contributed by atoms with E-state index in [-0.39, 0.29) is 42.1 Å². The number of nitrogen functional groups attached to an aromatic ring is 1. The minimum atomic E-state index is -3.78. The number of nitrogens with one attached hydrogen (secondary N) is 1. The molecule has 16 heteroatoms. The molecule has 0 spiro atoms. The Morgan fingerprint density at radius 2 is 2.07 bits per heavy atom. The summed E-state index contributed by atoms with van der Waals surface area (Å²) in [6, 6.07) is 6.47. The van der Waals surface area contributed by atoms with Gasteiger partial charge in [0.1, 0.15) is 30.0 Å². The minimum Gasteiger partial charge on any atom is -0.479 e. The summed E-state index contributed by atoms with van der Waals surface area (Å²) in [6.45, 7) is -2.73. The highest BCUT2D eigenvalue weighted by Gasteiger charge is 2.54. The number of nitrogens with zero attached hydrogens (tertiary/aromatic N) is 4. The molecule has 0 unspecified atom stereocenters. The molecule has 1 saturated heterocycles. The Balaban J connectivity index is 1.22. The number of carbonyl (C=O) groups is 1. The van der Waals surface area contributed by atoms with Crippen LogP contribution in [0.3, 0.4) is 0 Å². The van der Waals surface area contributed by atoms with Gasteiger partial charge in [-0.05, 0) is 55.6 Å². The number of aromatic nitrogens is 4. The molecule has 226 valence electrons. The maximum atomic E-state index is 14.1. The molecule has 0 amide bonds. The summed E-state index contributed by atoms with van der Waals surface area (Å²) in [7, 11) is 1.42. The number of fused-ring (bicyclic) bond motifs is 2. The van der Waals surface area contributed by atoms with Crippen LogP contribution in [0.5, 0.6) is 5.88 Å². The summed E-state index contributed by atoms with van der Waals surface area (Å²) in [6.07, 6.45) is 1.45. The van der Waals surface area contributed by atoms with Crippen LogP contribution in [0.4, 0.5) is 5.95 Å². The first-order chi connectivity index (χ1) is 20.1. The third-order valence-electron chi connectivity index (χ3n) is 7.81. The first kappa shape index (κ1) is 29.3. The Morgan fingerprint density at radius 1 is 1.31 bits per heavy atom. The molecule has 6 atom stereocenters. The predicted molar refractivity (Wildman–Crippen MR) is 152 cm³/mol. The van der Waals surface area contributed by atoms with E-state index in [2.05, 4.69) is 20.0 Å². The second-order valence-electron chi connectivity index (χ2n) is 10.8. The number of aliphatic hydroxyl groups is 2. The SMILES string of the molecule is COc1nc(N)nc2c1ncn2[C@@H]1O[C@H](CO[P@@]2(=O)N[C@H](C(=O)OC3CCCC3)Cc3ccccc3S2)[C@@H](O)[C@@]1(C)O. The zero-order chi connectivity index (χ0) is 29.6. The lowest BCUT2D eigenvalue weighted by Gasteiger charge is -2.27. The van der Waals surface area contributed by atoms with Gasteiger partial charge in [-0.3, -0.25) is 13.9 Å². The monoisotopic (exact) mass is 620 g/mol. The number of hydrogen-bond donors (Lipinski definition) is 4. The van der Waals surface area contributed by atoms with Gasteiger partial charge in [-0.2, -0.15) is 9.97 Å². The predicted octanol–water partition coefficient (Wildman–Crippen LogP) is 2.34. The van der Waals surface area contributed by atoms with Crippen molar-refractivity contribution < 1.29 is 38.3 Å². The standard InChI is InChI=1S/C26H33N6O8PS/c1-26(35)20(33)17(40-24(26)32-13-28-19-21(32)29-25(27)30-22(19)37-2)12-38-41(36)31-16(23(34)39-15-8-4-5-9-15)11-14-7-3-6-10-18(14)42-41/h3,6-7,10,13,15-17,20,24,33,35H,4-5,8-9,11-12H2,1-2H3,(H,31,36)(H2,27,29,30)/t16-,17+,20+,24+,26+,41-/m0/s1. The van der Waals surface area contributed by atoms with Crippen molar-refractivity contribution in [3.05, 3.63) is 36.2 Å². The lowest BCUT2D eigenvalue weighted by molar-refractivity contribution is -0.150. The van der Waals surface area contributed by atoms with Crippen molar-refractivity contribution in [3.63, 3.8) is 0 Å². The topological polar surface area (TPSA) is 193 Å². The fourth-order valence-electron chi connectivity index (χ4n) is 5.60. The Kier molecular flexibility index (Phi) is 7.94. The molecule has 2 aliphatic heterocycles. The number of esters is 1. The summed E-state index contributed by atoms with van der Waals surface area (Å²) >= 11 is 0.989. The number of aliphatic hydroxyl groups excluding tert-OH is 1. The van der Waals surface area contributed by atoms with Crippen molar-refractivity contribution in [2.45, 2.75) is 80.1 Å². The number of carbonyl (C=O) groups excluding carboxylic acids is 1. The molecule has 5 N–H and O–H groups in total. The first-order valence-electron chi connectivity index (χ1n) is 13.7. The van der Waals surface area contributed by atoms with Gasteiger partial charge in [0.15, 0.2) is 17.4 Å². The number of methoxy groups -OCH3 is 1. The summed E-state index contributed by atoms with van der Waals surface area (Å²) in [5, 5.41) is 25.3. The molecule has 2 aromatic heterocycles. The van der Waals surface area contributed by atoms with Crippen LogP contribution in [0, 0.1) is 0 Å².